The van der Waals surface area contributed by atoms with E-state index in [4.69, 9.17) is 14.6 Å². The van der Waals surface area contributed by atoms with Crippen molar-refractivity contribution in [2.24, 2.45) is 0 Å². The third-order valence-electron chi connectivity index (χ3n) is 4.55. The number of rotatable bonds is 9. The van der Waals surface area contributed by atoms with Gasteiger partial charge in [0.2, 0.25) is 11.8 Å². The number of halogens is 3. The molecular weight excluding hydrogens is 417 g/mol. The molecule has 2 aromatic rings. The molecule has 0 aliphatic rings. The van der Waals surface area contributed by atoms with Gasteiger partial charge in [0.15, 0.2) is 0 Å². The summed E-state index contributed by atoms with van der Waals surface area (Å²) >= 11 is 0. The van der Waals surface area contributed by atoms with Gasteiger partial charge >= 0.3 is 12.1 Å². The molecule has 7 nitrogen and oxygen atoms in total. The molecule has 0 unspecified atom stereocenters. The number of alkyl halides is 3. The van der Waals surface area contributed by atoms with Crippen LogP contribution >= 0.6 is 0 Å². The Morgan fingerprint density at radius 3 is 2.42 bits per heavy atom. The second-order valence-corrected chi connectivity index (χ2v) is 6.68. The average Bonchev–Trinajstić information content (AvgIpc) is 2.71. The monoisotopic (exact) mass is 440 g/mol. The quantitative estimate of drug-likeness (QED) is 0.643. The van der Waals surface area contributed by atoms with Crippen molar-refractivity contribution in [2.75, 3.05) is 27.4 Å². The molecule has 0 saturated heterocycles. The number of methoxy groups -OCH3 is 2. The van der Waals surface area contributed by atoms with Gasteiger partial charge in [0.1, 0.15) is 6.61 Å². The number of hydrogen-bond donors (Lipinski definition) is 1. The third-order valence-corrected chi connectivity index (χ3v) is 4.55. The van der Waals surface area contributed by atoms with Gasteiger partial charge < -0.3 is 19.5 Å². The Morgan fingerprint density at radius 1 is 1.16 bits per heavy atom. The number of carboxylic acids is 1. The van der Waals surface area contributed by atoms with Crippen LogP contribution in [0.4, 0.5) is 13.2 Å². The van der Waals surface area contributed by atoms with E-state index in [2.05, 4.69) is 4.98 Å². The number of carbonyl (C=O) groups is 2. The van der Waals surface area contributed by atoms with E-state index in [0.717, 1.165) is 12.1 Å². The summed E-state index contributed by atoms with van der Waals surface area (Å²) in [6.07, 6.45) is -3.65. The lowest BCUT2D eigenvalue weighted by Gasteiger charge is -2.23. The second-order valence-electron chi connectivity index (χ2n) is 6.68. The van der Waals surface area contributed by atoms with E-state index in [1.165, 1.54) is 37.4 Å². The minimum atomic E-state index is -4.59. The Morgan fingerprint density at radius 2 is 1.87 bits per heavy atom. The summed E-state index contributed by atoms with van der Waals surface area (Å²) < 4.78 is 50.3. The van der Waals surface area contributed by atoms with E-state index in [0.29, 0.717) is 17.7 Å². The third kappa shape index (κ3) is 6.17. The van der Waals surface area contributed by atoms with Gasteiger partial charge in [0, 0.05) is 32.0 Å². The summed E-state index contributed by atoms with van der Waals surface area (Å²) in [7, 11) is 2.69. The minimum Gasteiger partial charge on any atom is -0.481 e. The standard InChI is InChI=1S/C21H23F3N2O5/c1-4-26(18(27)12-30-2)11-14-5-6-15(21(22,23)24)9-16(14)17-7-13(8-19(28)29)10-25-20(17)31-3/h5-7,9-10H,4,8,11-12H2,1-3H3,(H,28,29). The Bertz CT molecular complexity index is 947. The Kier molecular flexibility index (Phi) is 7.98. The predicted octanol–water partition coefficient (Wildman–Crippen LogP) is 3.40. The summed E-state index contributed by atoms with van der Waals surface area (Å²) in [6, 6.07) is 4.62. The van der Waals surface area contributed by atoms with Crippen molar-refractivity contribution in [3.63, 3.8) is 0 Å². The zero-order valence-electron chi connectivity index (χ0n) is 17.3. The molecule has 168 valence electrons. The molecule has 1 heterocycles. The number of aliphatic carboxylic acids is 1. The number of nitrogens with zero attached hydrogens (tertiary/aromatic N) is 2. The molecule has 0 aliphatic carbocycles. The summed E-state index contributed by atoms with van der Waals surface area (Å²) in [5, 5.41) is 9.06. The maximum atomic E-state index is 13.4. The first kappa shape index (κ1) is 24.1. The van der Waals surface area contributed by atoms with E-state index in [1.54, 1.807) is 6.92 Å². The van der Waals surface area contributed by atoms with Gasteiger partial charge in [-0.05, 0) is 41.8 Å². The zero-order chi connectivity index (χ0) is 23.2. The van der Waals surface area contributed by atoms with Gasteiger partial charge in [-0.15, -0.1) is 0 Å². The van der Waals surface area contributed by atoms with E-state index < -0.39 is 17.7 Å². The van der Waals surface area contributed by atoms with E-state index in [9.17, 15) is 22.8 Å². The van der Waals surface area contributed by atoms with E-state index >= 15 is 0 Å². The van der Waals surface area contributed by atoms with E-state index in [-0.39, 0.29) is 42.5 Å². The van der Waals surface area contributed by atoms with Crippen molar-refractivity contribution in [3.05, 3.63) is 47.2 Å². The second kappa shape index (κ2) is 10.3. The number of ether oxygens (including phenoxy) is 2. The lowest BCUT2D eigenvalue weighted by molar-refractivity contribution is -0.138. The molecular formula is C21H23F3N2O5. The first-order valence-electron chi connectivity index (χ1n) is 9.32. The maximum Gasteiger partial charge on any atom is 0.416 e. The molecule has 1 aromatic heterocycles. The van der Waals surface area contributed by atoms with Crippen LogP contribution in [0.5, 0.6) is 5.88 Å². The van der Waals surface area contributed by atoms with Gasteiger partial charge in [-0.25, -0.2) is 4.98 Å². The highest BCUT2D eigenvalue weighted by molar-refractivity contribution is 5.79. The van der Waals surface area contributed by atoms with Crippen LogP contribution in [-0.2, 0) is 33.5 Å². The largest absolute Gasteiger partial charge is 0.481 e. The van der Waals surface area contributed by atoms with Crippen LogP contribution in [0.15, 0.2) is 30.5 Å². The molecule has 0 bridgehead atoms. The van der Waals surface area contributed by atoms with E-state index in [1.807, 2.05) is 0 Å². The summed E-state index contributed by atoms with van der Waals surface area (Å²) in [6.45, 7) is 1.92. The van der Waals surface area contributed by atoms with Crippen molar-refractivity contribution in [1.82, 2.24) is 9.88 Å². The summed E-state index contributed by atoms with van der Waals surface area (Å²) in [4.78, 5) is 28.8. The fourth-order valence-electron chi connectivity index (χ4n) is 3.06. The van der Waals surface area contributed by atoms with Crippen molar-refractivity contribution >= 4 is 11.9 Å². The molecule has 31 heavy (non-hydrogen) atoms. The zero-order valence-corrected chi connectivity index (χ0v) is 17.3. The molecule has 1 N–H and O–H groups in total. The van der Waals surface area contributed by atoms with Crippen LogP contribution in [0, 0.1) is 0 Å². The maximum absolute atomic E-state index is 13.4. The number of carbonyl (C=O) groups excluding carboxylic acids is 1. The van der Waals surface area contributed by atoms with Crippen LogP contribution in [-0.4, -0.2) is 54.2 Å². The summed E-state index contributed by atoms with van der Waals surface area (Å²) in [5.74, 6) is -1.38. The number of aromatic nitrogens is 1. The van der Waals surface area contributed by atoms with Crippen LogP contribution < -0.4 is 4.74 Å². The Balaban J connectivity index is 2.65. The van der Waals surface area contributed by atoms with Gasteiger partial charge in [-0.3, -0.25) is 9.59 Å². The Labute approximate surface area is 177 Å². The first-order valence-corrected chi connectivity index (χ1v) is 9.32. The van der Waals surface area contributed by atoms with Crippen LogP contribution in [0.1, 0.15) is 23.6 Å². The SMILES string of the molecule is CCN(Cc1ccc(C(F)(F)F)cc1-c1cc(CC(=O)O)cnc1OC)C(=O)COC. The van der Waals surface area contributed by atoms with Gasteiger partial charge in [0.05, 0.1) is 19.1 Å². The number of carboxylic acid groups (broad SMARTS) is 1. The summed E-state index contributed by atoms with van der Waals surface area (Å²) in [5.41, 5.74) is 0.192. The molecule has 0 radical (unpaired) electrons. The number of pyridine rings is 1. The van der Waals surface area contributed by atoms with Crippen LogP contribution in [0.25, 0.3) is 11.1 Å². The number of hydrogen-bond acceptors (Lipinski definition) is 5. The van der Waals surface area contributed by atoms with Crippen molar-refractivity contribution in [3.8, 4) is 17.0 Å². The van der Waals surface area contributed by atoms with Gasteiger partial charge in [-0.2, -0.15) is 13.2 Å². The number of benzene rings is 1. The lowest BCUT2D eigenvalue weighted by atomic mass is 9.95. The number of amides is 1. The van der Waals surface area contributed by atoms with Crippen LogP contribution in [0.3, 0.4) is 0 Å². The minimum absolute atomic E-state index is 0.0263. The average molecular weight is 440 g/mol. The van der Waals surface area contributed by atoms with Gasteiger partial charge in [0.25, 0.3) is 0 Å². The molecule has 0 spiro atoms. The fraction of sp³-hybridized carbons (Fsp3) is 0.381. The molecule has 1 aromatic carbocycles. The molecule has 10 heteroatoms. The highest BCUT2D eigenvalue weighted by Crippen LogP contribution is 2.37. The first-order chi connectivity index (χ1) is 14.6. The highest BCUT2D eigenvalue weighted by atomic mass is 19.4. The van der Waals surface area contributed by atoms with Crippen molar-refractivity contribution in [1.29, 1.82) is 0 Å². The molecule has 0 saturated carbocycles. The van der Waals surface area contributed by atoms with Crippen LogP contribution in [0.2, 0.25) is 0 Å². The topological polar surface area (TPSA) is 89.0 Å². The molecule has 0 aliphatic heterocycles. The fourth-order valence-corrected chi connectivity index (χ4v) is 3.06. The molecule has 2 rings (SSSR count). The Hall–Kier alpha value is -3.14. The van der Waals surface area contributed by atoms with Gasteiger partial charge in [-0.1, -0.05) is 6.07 Å². The highest BCUT2D eigenvalue weighted by Gasteiger charge is 2.32. The molecule has 1 amide bonds. The molecule has 0 fully saturated rings. The smallest absolute Gasteiger partial charge is 0.416 e. The molecule has 0 atom stereocenters. The lowest BCUT2D eigenvalue weighted by Crippen LogP contribution is -2.33. The van der Waals surface area contributed by atoms with Crippen molar-refractivity contribution in [2.45, 2.75) is 26.1 Å². The van der Waals surface area contributed by atoms with Crippen molar-refractivity contribution < 1.29 is 37.3 Å². The predicted molar refractivity (Wildman–Crippen MR) is 106 cm³/mol. The number of likely N-dealkylation sites (N-methyl/N-ethyl adjacent to an activating group) is 1. The normalized spacial score (nSPS) is 11.3.